The Kier molecular flexibility index (Phi) is 13.4. The number of fused-ring (bicyclic) bond motifs is 24. The summed E-state index contributed by atoms with van der Waals surface area (Å²) in [5, 5.41) is 15.3. The second kappa shape index (κ2) is 23.6. The Bertz CT molecular complexity index is 7370. The molecule has 4 aliphatic rings. The van der Waals surface area contributed by atoms with E-state index in [9.17, 15) is 0 Å². The predicted octanol–water partition coefficient (Wildman–Crippen LogP) is 28.4. The Morgan fingerprint density at radius 3 is 1.29 bits per heavy atom. The molecule has 0 spiro atoms. The molecule has 0 fully saturated rings. The molecule has 0 bridgehead atoms. The van der Waals surface area contributed by atoms with E-state index in [1.54, 1.807) is 0 Å². The fraction of sp³-hybridized carbons (Fsp3) is 0.0741. The molecule has 2 heterocycles. The minimum atomic E-state index is -0.145. The lowest BCUT2D eigenvalue weighted by molar-refractivity contribution is 0.660. The normalized spacial score (nSPS) is 15.1. The molecule has 0 saturated heterocycles. The molecule has 516 valence electrons. The molecule has 0 amide bonds. The van der Waals surface area contributed by atoms with Gasteiger partial charge in [-0.05, 0) is 238 Å². The molecule has 0 saturated carbocycles. The lowest BCUT2D eigenvalue weighted by Crippen LogP contribution is -2.15. The van der Waals surface area contributed by atoms with Crippen LogP contribution in [0.2, 0.25) is 0 Å². The SMILES string of the molecule is CC1(C)c2ccccc2-c2c1ccc1c2-c2cc(-c3ccc4c(c3)-c3ccccc3C4c3ccc4ccccc4c3)ccc2C1c1ccc2ccccc2c1.CC1(C)c2ccccc2-c2ccc3c(c21)c1cc(-c2ccc4c(c2)c2ccccc2n4-c2ccc4ccccc4c2)ccc1n3-c1ccc2ccccc2c1. The first-order valence-corrected chi connectivity index (χ1v) is 38.9. The van der Waals surface area contributed by atoms with Gasteiger partial charge in [0.2, 0.25) is 0 Å². The van der Waals surface area contributed by atoms with Gasteiger partial charge in [0.25, 0.3) is 0 Å². The number of aromatic nitrogens is 2. The highest BCUT2D eigenvalue weighted by atomic mass is 15.0. The van der Waals surface area contributed by atoms with Crippen molar-refractivity contribution < 1.29 is 0 Å². The molecule has 18 aromatic carbocycles. The highest BCUT2D eigenvalue weighted by Gasteiger charge is 2.43. The van der Waals surface area contributed by atoms with Crippen molar-refractivity contribution in [3.63, 3.8) is 0 Å². The average molecular weight is 1400 g/mol. The van der Waals surface area contributed by atoms with E-state index in [-0.39, 0.29) is 22.7 Å². The van der Waals surface area contributed by atoms with Crippen molar-refractivity contribution in [1.29, 1.82) is 0 Å². The predicted molar refractivity (Wildman–Crippen MR) is 463 cm³/mol. The van der Waals surface area contributed by atoms with E-state index in [1.807, 2.05) is 0 Å². The quantitative estimate of drug-likeness (QED) is 0.157. The number of hydrogen-bond donors (Lipinski definition) is 0. The monoisotopic (exact) mass is 1400 g/mol. The van der Waals surface area contributed by atoms with E-state index in [1.165, 1.54) is 220 Å². The van der Waals surface area contributed by atoms with Crippen molar-refractivity contribution in [3.8, 4) is 78.1 Å². The van der Waals surface area contributed by atoms with Gasteiger partial charge in [0.1, 0.15) is 0 Å². The summed E-state index contributed by atoms with van der Waals surface area (Å²) in [7, 11) is 0. The maximum Gasteiger partial charge on any atom is 0.0544 e. The summed E-state index contributed by atoms with van der Waals surface area (Å²) >= 11 is 0. The second-order valence-electron chi connectivity index (χ2n) is 32.2. The van der Waals surface area contributed by atoms with Gasteiger partial charge in [0.05, 0.1) is 22.1 Å². The highest BCUT2D eigenvalue weighted by Crippen LogP contribution is 2.61. The highest BCUT2D eigenvalue weighted by molar-refractivity contribution is 6.17. The second-order valence-corrected chi connectivity index (χ2v) is 32.2. The summed E-state index contributed by atoms with van der Waals surface area (Å²) in [5.74, 6) is 0.380. The Labute approximate surface area is 639 Å². The summed E-state index contributed by atoms with van der Waals surface area (Å²) in [4.78, 5) is 0. The Morgan fingerprint density at radius 2 is 0.655 bits per heavy atom. The molecule has 2 heteroatoms. The van der Waals surface area contributed by atoms with Gasteiger partial charge in [-0.3, -0.25) is 0 Å². The average Bonchev–Trinajstić information content (AvgIpc) is 1.54. The largest absolute Gasteiger partial charge is 0.309 e. The van der Waals surface area contributed by atoms with Crippen molar-refractivity contribution in [3.05, 3.63) is 420 Å². The molecule has 110 heavy (non-hydrogen) atoms. The standard InChI is InChI=1S/C55H38.C53H36N2/c1-55(2)49-18-10-9-17-45(49)54-50(55)28-27-46-52(40-22-20-34-12-4-6-14-36(34)30-40)44-26-24-38(32-48(44)53(46)54)37-23-25-43-47(31-37)41-15-7-8-16-42(41)51(43)39-21-19-33-11-3-5-13-35(33)29-39;1-53(2)46-17-9-7-15-41(46)43-25-28-50-51(52(43)53)45-32-38(22-27-49(45)55(50)40-24-20-34-12-4-6-14-36(34)30-40)37-21-26-48-44(31-37)42-16-8-10-18-47(42)54(48)39-23-19-33-11-3-5-13-35(33)29-39/h3-32,51-52H,1-2H3;3-32H,1-2H3. The van der Waals surface area contributed by atoms with Crippen molar-refractivity contribution in [2.75, 3.05) is 0 Å². The first-order valence-electron chi connectivity index (χ1n) is 38.9. The van der Waals surface area contributed by atoms with Crippen LogP contribution in [-0.2, 0) is 10.8 Å². The van der Waals surface area contributed by atoms with Crippen molar-refractivity contribution in [2.24, 2.45) is 0 Å². The lowest BCUT2D eigenvalue weighted by Gasteiger charge is -2.22. The molecule has 0 N–H and O–H groups in total. The number of benzene rings is 18. The zero-order valence-corrected chi connectivity index (χ0v) is 61.7. The molecule has 24 rings (SSSR count). The van der Waals surface area contributed by atoms with Gasteiger partial charge in [-0.15, -0.1) is 0 Å². The first kappa shape index (κ1) is 62.8. The molecule has 2 nitrogen and oxygen atoms in total. The van der Waals surface area contributed by atoms with Crippen LogP contribution in [0.5, 0.6) is 0 Å². The van der Waals surface area contributed by atoms with Gasteiger partial charge in [0.15, 0.2) is 0 Å². The fourth-order valence-electron chi connectivity index (χ4n) is 20.5. The topological polar surface area (TPSA) is 9.86 Å². The summed E-state index contributed by atoms with van der Waals surface area (Å²) < 4.78 is 4.91. The van der Waals surface area contributed by atoms with Crippen LogP contribution in [0.1, 0.15) is 95.2 Å². The van der Waals surface area contributed by atoms with Gasteiger partial charge in [-0.25, -0.2) is 0 Å². The number of para-hydroxylation sites is 1. The van der Waals surface area contributed by atoms with E-state index >= 15 is 0 Å². The van der Waals surface area contributed by atoms with Gasteiger partial charge in [0, 0.05) is 55.6 Å². The van der Waals surface area contributed by atoms with E-state index in [4.69, 9.17) is 0 Å². The lowest BCUT2D eigenvalue weighted by atomic mass is 9.80. The molecule has 4 aliphatic carbocycles. The third-order valence-corrected chi connectivity index (χ3v) is 25.6. The van der Waals surface area contributed by atoms with Crippen molar-refractivity contribution in [2.45, 2.75) is 50.4 Å². The van der Waals surface area contributed by atoms with Crippen LogP contribution in [0.25, 0.3) is 165 Å². The third-order valence-electron chi connectivity index (χ3n) is 25.6. The molecule has 0 radical (unpaired) electrons. The minimum Gasteiger partial charge on any atom is -0.309 e. The van der Waals surface area contributed by atoms with Crippen LogP contribution in [0, 0.1) is 0 Å². The van der Waals surface area contributed by atoms with E-state index in [0.717, 1.165) is 0 Å². The van der Waals surface area contributed by atoms with E-state index < -0.39 is 0 Å². The molecule has 20 aromatic rings. The Morgan fingerprint density at radius 1 is 0.227 bits per heavy atom. The zero-order valence-electron chi connectivity index (χ0n) is 61.7. The Hall–Kier alpha value is -13.4. The molecule has 0 aliphatic heterocycles. The molecule has 2 aromatic heterocycles. The van der Waals surface area contributed by atoms with Crippen molar-refractivity contribution in [1.82, 2.24) is 9.13 Å². The summed E-state index contributed by atoms with van der Waals surface area (Å²) in [6.07, 6.45) is 0. The summed E-state index contributed by atoms with van der Waals surface area (Å²) in [5.41, 5.74) is 36.9. The van der Waals surface area contributed by atoms with E-state index in [2.05, 4.69) is 401 Å². The van der Waals surface area contributed by atoms with Crippen LogP contribution in [0.4, 0.5) is 0 Å². The van der Waals surface area contributed by atoms with Gasteiger partial charge >= 0.3 is 0 Å². The maximum atomic E-state index is 2.51. The molecular formula is C108H74N2. The Balaban J connectivity index is 0.000000132. The first-order chi connectivity index (χ1) is 54.1. The summed E-state index contributed by atoms with van der Waals surface area (Å²) in [6, 6.07) is 137. The van der Waals surface area contributed by atoms with Gasteiger partial charge in [-0.1, -0.05) is 319 Å². The molecular weight excluding hydrogens is 1330 g/mol. The number of nitrogens with zero attached hydrogens (tertiary/aromatic N) is 2. The maximum absolute atomic E-state index is 2.51. The minimum absolute atomic E-state index is 0.0608. The number of rotatable bonds is 6. The summed E-state index contributed by atoms with van der Waals surface area (Å²) in [6.45, 7) is 9.59. The van der Waals surface area contributed by atoms with Crippen molar-refractivity contribution >= 4 is 86.7 Å². The molecule has 2 unspecified atom stereocenters. The van der Waals surface area contributed by atoms with Gasteiger partial charge in [-0.2, -0.15) is 0 Å². The zero-order chi connectivity index (χ0) is 72.8. The fourth-order valence-corrected chi connectivity index (χ4v) is 20.5. The third kappa shape index (κ3) is 9.17. The van der Waals surface area contributed by atoms with Gasteiger partial charge < -0.3 is 9.13 Å². The van der Waals surface area contributed by atoms with Crippen LogP contribution in [-0.4, -0.2) is 9.13 Å². The molecule has 2 atom stereocenters. The van der Waals surface area contributed by atoms with Crippen LogP contribution < -0.4 is 0 Å². The smallest absolute Gasteiger partial charge is 0.0544 e. The van der Waals surface area contributed by atoms with E-state index in [0.29, 0.717) is 0 Å². The van der Waals surface area contributed by atoms with Crippen LogP contribution in [0.15, 0.2) is 364 Å². The number of hydrogen-bond acceptors (Lipinski definition) is 0. The van der Waals surface area contributed by atoms with Crippen LogP contribution in [0.3, 0.4) is 0 Å². The van der Waals surface area contributed by atoms with Crippen LogP contribution >= 0.6 is 0 Å².